The van der Waals surface area contributed by atoms with Crippen LogP contribution in [0.4, 0.5) is 8.78 Å². The van der Waals surface area contributed by atoms with Gasteiger partial charge in [0.1, 0.15) is 11.6 Å². The van der Waals surface area contributed by atoms with Gasteiger partial charge in [-0.3, -0.25) is 0 Å². The predicted molar refractivity (Wildman–Crippen MR) is 45.1 cm³/mol. The van der Waals surface area contributed by atoms with Crippen molar-refractivity contribution in [2.45, 2.75) is 20.5 Å². The quantitative estimate of drug-likeness (QED) is 0.731. The van der Waals surface area contributed by atoms with Gasteiger partial charge in [0.2, 0.25) is 5.88 Å². The molecule has 0 radical (unpaired) electrons. The Morgan fingerprint density at radius 3 is 2.64 bits per heavy atom. The monoisotopic (exact) mass is 198 g/mol. The Kier molecular flexibility index (Phi) is 2.97. The van der Waals surface area contributed by atoms with Crippen LogP contribution in [0.1, 0.15) is 16.8 Å². The van der Waals surface area contributed by atoms with E-state index in [1.165, 1.54) is 0 Å². The van der Waals surface area contributed by atoms with Gasteiger partial charge < -0.3 is 4.74 Å². The van der Waals surface area contributed by atoms with E-state index >= 15 is 0 Å². The van der Waals surface area contributed by atoms with Crippen molar-refractivity contribution in [2.75, 3.05) is 0 Å². The van der Waals surface area contributed by atoms with Crippen molar-refractivity contribution < 1.29 is 13.5 Å². The first-order valence-electron chi connectivity index (χ1n) is 3.87. The summed E-state index contributed by atoms with van der Waals surface area (Å²) >= 11 is 0. The number of pyridine rings is 1. The summed E-state index contributed by atoms with van der Waals surface area (Å²) in [7, 11) is 0. The highest BCUT2D eigenvalue weighted by Crippen LogP contribution is 2.21. The predicted octanol–water partition coefficient (Wildman–Crippen LogP) is 2.17. The lowest BCUT2D eigenvalue weighted by molar-refractivity contribution is -0.0531. The zero-order valence-corrected chi connectivity index (χ0v) is 7.71. The smallest absolute Gasteiger partial charge is 0.388 e. The summed E-state index contributed by atoms with van der Waals surface area (Å²) in [6.45, 7) is 0.328. The van der Waals surface area contributed by atoms with Gasteiger partial charge in [0.25, 0.3) is 0 Å². The van der Waals surface area contributed by atoms with E-state index in [9.17, 15) is 8.78 Å². The third-order valence-corrected chi connectivity index (χ3v) is 1.62. The molecule has 0 saturated carbocycles. The second-order valence-corrected chi connectivity index (χ2v) is 2.75. The highest BCUT2D eigenvalue weighted by atomic mass is 19.3. The molecule has 0 spiro atoms. The molecule has 1 rings (SSSR count). The van der Waals surface area contributed by atoms with E-state index < -0.39 is 6.61 Å². The average molecular weight is 198 g/mol. The number of aromatic nitrogens is 1. The van der Waals surface area contributed by atoms with E-state index in [-0.39, 0.29) is 11.4 Å². The molecule has 0 aliphatic carbocycles. The fourth-order valence-electron chi connectivity index (χ4n) is 1.11. The maximum Gasteiger partial charge on any atom is 0.388 e. The van der Waals surface area contributed by atoms with Crippen LogP contribution in [-0.2, 0) is 0 Å². The molecule has 0 N–H and O–H groups in total. The number of nitrogens with zero attached hydrogens (tertiary/aromatic N) is 2. The van der Waals surface area contributed by atoms with E-state index in [0.29, 0.717) is 11.3 Å². The lowest BCUT2D eigenvalue weighted by Crippen LogP contribution is -2.07. The first kappa shape index (κ1) is 10.4. The topological polar surface area (TPSA) is 45.9 Å². The maximum absolute atomic E-state index is 11.9. The molecule has 14 heavy (non-hydrogen) atoms. The standard InChI is InChI=1S/C9H8F2N2O/c1-5-3-6(2)13-8(7(5)4-12)14-9(10)11/h3,9H,1-2H3. The van der Waals surface area contributed by atoms with Crippen LogP contribution in [0.25, 0.3) is 0 Å². The van der Waals surface area contributed by atoms with Gasteiger partial charge >= 0.3 is 6.61 Å². The second-order valence-electron chi connectivity index (χ2n) is 2.75. The van der Waals surface area contributed by atoms with Crippen LogP contribution in [0.2, 0.25) is 0 Å². The maximum atomic E-state index is 11.9. The van der Waals surface area contributed by atoms with Gasteiger partial charge in [-0.05, 0) is 25.5 Å². The van der Waals surface area contributed by atoms with Crippen molar-refractivity contribution in [1.29, 1.82) is 5.26 Å². The zero-order valence-electron chi connectivity index (χ0n) is 7.71. The summed E-state index contributed by atoms with van der Waals surface area (Å²) in [6, 6.07) is 3.41. The minimum Gasteiger partial charge on any atom is -0.415 e. The van der Waals surface area contributed by atoms with Crippen LogP contribution < -0.4 is 4.74 Å². The molecule has 0 amide bonds. The van der Waals surface area contributed by atoms with Gasteiger partial charge in [0, 0.05) is 5.69 Å². The third-order valence-electron chi connectivity index (χ3n) is 1.62. The van der Waals surface area contributed by atoms with Gasteiger partial charge in [0.05, 0.1) is 0 Å². The Balaban J connectivity index is 3.20. The van der Waals surface area contributed by atoms with Gasteiger partial charge in [-0.25, -0.2) is 4.98 Å². The molecule has 0 aliphatic rings. The van der Waals surface area contributed by atoms with E-state index in [1.54, 1.807) is 26.0 Å². The molecule has 0 atom stereocenters. The molecule has 74 valence electrons. The number of halogens is 2. The number of ether oxygens (including phenoxy) is 1. The third kappa shape index (κ3) is 2.16. The fourth-order valence-corrected chi connectivity index (χ4v) is 1.11. The number of nitriles is 1. The average Bonchev–Trinajstić information content (AvgIpc) is 2.01. The molecular weight excluding hydrogens is 190 g/mol. The molecule has 0 bridgehead atoms. The molecular formula is C9H8F2N2O. The van der Waals surface area contributed by atoms with Crippen molar-refractivity contribution >= 4 is 0 Å². The molecule has 0 saturated heterocycles. The lowest BCUT2D eigenvalue weighted by Gasteiger charge is -2.07. The Labute approximate surface area is 79.9 Å². The zero-order chi connectivity index (χ0) is 10.7. The normalized spacial score (nSPS) is 10.0. The summed E-state index contributed by atoms with van der Waals surface area (Å²) in [5, 5.41) is 8.69. The summed E-state index contributed by atoms with van der Waals surface area (Å²) in [4.78, 5) is 3.72. The SMILES string of the molecule is Cc1cc(C)c(C#N)c(OC(F)F)n1. The van der Waals surface area contributed by atoms with E-state index in [1.807, 2.05) is 0 Å². The van der Waals surface area contributed by atoms with Crippen molar-refractivity contribution in [3.8, 4) is 11.9 Å². The fraction of sp³-hybridized carbons (Fsp3) is 0.333. The Morgan fingerprint density at radius 2 is 2.14 bits per heavy atom. The van der Waals surface area contributed by atoms with E-state index in [4.69, 9.17) is 5.26 Å². The minimum absolute atomic E-state index is 0.0518. The summed E-state index contributed by atoms with van der Waals surface area (Å²) in [5.74, 6) is -0.306. The van der Waals surface area contributed by atoms with Crippen LogP contribution in [0, 0.1) is 25.2 Å². The van der Waals surface area contributed by atoms with Crippen LogP contribution in [0.3, 0.4) is 0 Å². The summed E-state index contributed by atoms with van der Waals surface area (Å²) in [6.07, 6.45) is 0. The van der Waals surface area contributed by atoms with E-state index in [2.05, 4.69) is 9.72 Å². The van der Waals surface area contributed by atoms with E-state index in [0.717, 1.165) is 0 Å². The first-order valence-corrected chi connectivity index (χ1v) is 3.87. The number of aryl methyl sites for hydroxylation is 2. The largest absolute Gasteiger partial charge is 0.415 e. The first-order chi connectivity index (χ1) is 6.54. The molecule has 0 aliphatic heterocycles. The number of hydrogen-bond donors (Lipinski definition) is 0. The molecule has 0 unspecified atom stereocenters. The molecule has 3 nitrogen and oxygen atoms in total. The van der Waals surface area contributed by atoms with Gasteiger partial charge in [0.15, 0.2) is 0 Å². The Bertz CT molecular complexity index is 385. The lowest BCUT2D eigenvalue weighted by atomic mass is 10.1. The van der Waals surface area contributed by atoms with Crippen molar-refractivity contribution in [2.24, 2.45) is 0 Å². The van der Waals surface area contributed by atoms with Crippen LogP contribution >= 0.6 is 0 Å². The highest BCUT2D eigenvalue weighted by Gasteiger charge is 2.13. The van der Waals surface area contributed by atoms with Crippen molar-refractivity contribution in [1.82, 2.24) is 4.98 Å². The Hall–Kier alpha value is -1.70. The van der Waals surface area contributed by atoms with Crippen molar-refractivity contribution in [3.63, 3.8) is 0 Å². The van der Waals surface area contributed by atoms with Crippen LogP contribution in [-0.4, -0.2) is 11.6 Å². The van der Waals surface area contributed by atoms with Crippen LogP contribution in [0.15, 0.2) is 6.07 Å². The van der Waals surface area contributed by atoms with Gasteiger partial charge in [-0.2, -0.15) is 14.0 Å². The molecule has 1 heterocycles. The summed E-state index contributed by atoms with van der Waals surface area (Å²) < 4.78 is 28.0. The van der Waals surface area contributed by atoms with Crippen LogP contribution in [0.5, 0.6) is 5.88 Å². The highest BCUT2D eigenvalue weighted by molar-refractivity contribution is 5.45. The van der Waals surface area contributed by atoms with Crippen molar-refractivity contribution in [3.05, 3.63) is 22.9 Å². The molecule has 1 aromatic heterocycles. The molecule has 5 heteroatoms. The number of hydrogen-bond acceptors (Lipinski definition) is 3. The number of rotatable bonds is 2. The number of alkyl halides is 2. The molecule has 0 fully saturated rings. The van der Waals surface area contributed by atoms with Gasteiger partial charge in [-0.15, -0.1) is 0 Å². The minimum atomic E-state index is -2.96. The molecule has 0 aromatic carbocycles. The van der Waals surface area contributed by atoms with Gasteiger partial charge in [-0.1, -0.05) is 0 Å². The second kappa shape index (κ2) is 4.01. The summed E-state index contributed by atoms with van der Waals surface area (Å²) in [5.41, 5.74) is 1.17. The Morgan fingerprint density at radius 1 is 1.50 bits per heavy atom. The molecule has 1 aromatic rings.